The van der Waals surface area contributed by atoms with E-state index in [9.17, 15) is 4.39 Å². The Balaban J connectivity index is 3.24. The third-order valence-electron chi connectivity index (χ3n) is 0.943. The lowest BCUT2D eigenvalue weighted by molar-refractivity contribution is 0.203. The SMILES string of the molecule is C=CCCC(C)(C)F. The van der Waals surface area contributed by atoms with Crippen molar-refractivity contribution in [3.05, 3.63) is 12.7 Å². The van der Waals surface area contributed by atoms with Crippen molar-refractivity contribution in [3.8, 4) is 0 Å². The summed E-state index contributed by atoms with van der Waals surface area (Å²) < 4.78 is 12.5. The summed E-state index contributed by atoms with van der Waals surface area (Å²) in [7, 11) is 0. The van der Waals surface area contributed by atoms with Crippen LogP contribution in [0.2, 0.25) is 0 Å². The molecule has 0 aliphatic rings. The number of allylic oxidation sites excluding steroid dienone is 1. The average Bonchev–Trinajstić information content (AvgIpc) is 1.59. The predicted molar refractivity (Wildman–Crippen MR) is 34.6 cm³/mol. The molecule has 0 saturated heterocycles. The van der Waals surface area contributed by atoms with Gasteiger partial charge in [0.15, 0.2) is 0 Å². The van der Waals surface area contributed by atoms with Crippen LogP contribution in [0.25, 0.3) is 0 Å². The molecule has 0 nitrogen and oxygen atoms in total. The van der Waals surface area contributed by atoms with Crippen LogP contribution < -0.4 is 0 Å². The number of hydrogen-bond donors (Lipinski definition) is 0. The largest absolute Gasteiger partial charge is 0.244 e. The van der Waals surface area contributed by atoms with E-state index in [1.807, 2.05) is 0 Å². The molecule has 0 fully saturated rings. The third kappa shape index (κ3) is 5.67. The Labute approximate surface area is 50.4 Å². The van der Waals surface area contributed by atoms with Crippen LogP contribution in [0.4, 0.5) is 4.39 Å². The lowest BCUT2D eigenvalue weighted by Crippen LogP contribution is -2.09. The standard InChI is InChI=1S/C7H13F/c1-4-5-6-7(2,3)8/h4H,1,5-6H2,2-3H3. The van der Waals surface area contributed by atoms with Crippen molar-refractivity contribution in [2.24, 2.45) is 0 Å². The van der Waals surface area contributed by atoms with E-state index in [1.165, 1.54) is 0 Å². The minimum atomic E-state index is -1.02. The molecule has 0 amide bonds. The van der Waals surface area contributed by atoms with E-state index in [4.69, 9.17) is 0 Å². The van der Waals surface area contributed by atoms with Crippen molar-refractivity contribution in [1.29, 1.82) is 0 Å². The Kier molecular flexibility index (Phi) is 2.74. The molecular formula is C7H13F. The molecule has 8 heavy (non-hydrogen) atoms. The summed E-state index contributed by atoms with van der Waals surface area (Å²) in [6.45, 7) is 6.66. The van der Waals surface area contributed by atoms with Gasteiger partial charge in [-0.1, -0.05) is 6.08 Å². The monoisotopic (exact) mass is 116 g/mol. The molecule has 0 bridgehead atoms. The van der Waals surface area contributed by atoms with Crippen LogP contribution in [0.5, 0.6) is 0 Å². The minimum Gasteiger partial charge on any atom is -0.244 e. The summed E-state index contributed by atoms with van der Waals surface area (Å²) in [6.07, 6.45) is 3.08. The zero-order valence-electron chi connectivity index (χ0n) is 5.58. The van der Waals surface area contributed by atoms with Gasteiger partial charge in [-0.25, -0.2) is 4.39 Å². The summed E-state index contributed by atoms with van der Waals surface area (Å²) in [5.41, 5.74) is -1.02. The summed E-state index contributed by atoms with van der Waals surface area (Å²) >= 11 is 0. The van der Waals surface area contributed by atoms with Gasteiger partial charge in [0.05, 0.1) is 0 Å². The fourth-order valence-electron chi connectivity index (χ4n) is 0.445. The summed E-state index contributed by atoms with van der Waals surface area (Å²) in [4.78, 5) is 0. The Morgan fingerprint density at radius 1 is 1.62 bits per heavy atom. The van der Waals surface area contributed by atoms with Gasteiger partial charge >= 0.3 is 0 Å². The normalized spacial score (nSPS) is 11.4. The van der Waals surface area contributed by atoms with E-state index >= 15 is 0 Å². The second-order valence-electron chi connectivity index (χ2n) is 2.55. The second kappa shape index (κ2) is 2.85. The van der Waals surface area contributed by atoms with Crippen LogP contribution in [0.3, 0.4) is 0 Å². The van der Waals surface area contributed by atoms with Crippen molar-refractivity contribution < 1.29 is 4.39 Å². The van der Waals surface area contributed by atoms with Crippen molar-refractivity contribution >= 4 is 0 Å². The molecule has 0 aromatic carbocycles. The van der Waals surface area contributed by atoms with E-state index in [2.05, 4.69) is 6.58 Å². The van der Waals surface area contributed by atoms with Crippen LogP contribution in [0.15, 0.2) is 12.7 Å². The van der Waals surface area contributed by atoms with Gasteiger partial charge in [-0.3, -0.25) is 0 Å². The topological polar surface area (TPSA) is 0 Å². The molecule has 0 spiro atoms. The van der Waals surface area contributed by atoms with Crippen LogP contribution in [0, 0.1) is 0 Å². The van der Waals surface area contributed by atoms with Crippen molar-refractivity contribution in [1.82, 2.24) is 0 Å². The highest BCUT2D eigenvalue weighted by Crippen LogP contribution is 2.15. The van der Waals surface area contributed by atoms with E-state index in [0.29, 0.717) is 6.42 Å². The molecule has 0 heterocycles. The highest BCUT2D eigenvalue weighted by Gasteiger charge is 2.12. The first-order chi connectivity index (χ1) is 3.56. The summed E-state index contributed by atoms with van der Waals surface area (Å²) in [5, 5.41) is 0. The van der Waals surface area contributed by atoms with Gasteiger partial charge in [-0.15, -0.1) is 6.58 Å². The van der Waals surface area contributed by atoms with Crippen molar-refractivity contribution in [2.75, 3.05) is 0 Å². The van der Waals surface area contributed by atoms with E-state index in [1.54, 1.807) is 19.9 Å². The number of halogens is 1. The molecule has 0 aromatic rings. The number of hydrogen-bond acceptors (Lipinski definition) is 0. The maximum absolute atomic E-state index is 12.5. The summed E-state index contributed by atoms with van der Waals surface area (Å²) in [5.74, 6) is 0. The minimum absolute atomic E-state index is 0.580. The third-order valence-corrected chi connectivity index (χ3v) is 0.943. The highest BCUT2D eigenvalue weighted by atomic mass is 19.1. The number of rotatable bonds is 3. The smallest absolute Gasteiger partial charge is 0.105 e. The molecule has 0 aromatic heterocycles. The quantitative estimate of drug-likeness (QED) is 0.497. The molecule has 48 valence electrons. The van der Waals surface area contributed by atoms with Crippen LogP contribution in [-0.4, -0.2) is 5.67 Å². The lowest BCUT2D eigenvalue weighted by atomic mass is 10.1. The van der Waals surface area contributed by atoms with Crippen molar-refractivity contribution in [2.45, 2.75) is 32.4 Å². The fraction of sp³-hybridized carbons (Fsp3) is 0.714. The lowest BCUT2D eigenvalue weighted by Gasteiger charge is -2.10. The van der Waals surface area contributed by atoms with Crippen LogP contribution >= 0.6 is 0 Å². The molecule has 0 saturated carbocycles. The first-order valence-electron chi connectivity index (χ1n) is 2.86. The maximum Gasteiger partial charge on any atom is 0.105 e. The molecule has 0 unspecified atom stereocenters. The Morgan fingerprint density at radius 2 is 2.12 bits per heavy atom. The Morgan fingerprint density at radius 3 is 2.25 bits per heavy atom. The first kappa shape index (κ1) is 7.67. The van der Waals surface area contributed by atoms with Gasteiger partial charge in [-0.05, 0) is 26.7 Å². The van der Waals surface area contributed by atoms with Crippen molar-refractivity contribution in [3.63, 3.8) is 0 Å². The molecule has 1 heteroatoms. The van der Waals surface area contributed by atoms with E-state index in [-0.39, 0.29) is 0 Å². The highest BCUT2D eigenvalue weighted by molar-refractivity contribution is 4.73. The van der Waals surface area contributed by atoms with Crippen LogP contribution in [-0.2, 0) is 0 Å². The molecule has 0 atom stereocenters. The Bertz CT molecular complexity index is 68.9. The Hall–Kier alpha value is -0.330. The average molecular weight is 116 g/mol. The first-order valence-corrected chi connectivity index (χ1v) is 2.86. The van der Waals surface area contributed by atoms with Gasteiger partial charge in [0.25, 0.3) is 0 Å². The van der Waals surface area contributed by atoms with Gasteiger partial charge in [0, 0.05) is 0 Å². The number of alkyl halides is 1. The molecule has 0 rings (SSSR count). The molecule has 0 aliphatic carbocycles. The van der Waals surface area contributed by atoms with E-state index < -0.39 is 5.67 Å². The maximum atomic E-state index is 12.5. The predicted octanol–water partition coefficient (Wildman–Crippen LogP) is 2.70. The van der Waals surface area contributed by atoms with Gasteiger partial charge in [0.1, 0.15) is 5.67 Å². The summed E-state index contributed by atoms with van der Waals surface area (Å²) in [6, 6.07) is 0. The van der Waals surface area contributed by atoms with Gasteiger partial charge in [-0.2, -0.15) is 0 Å². The molecule has 0 radical (unpaired) electrons. The van der Waals surface area contributed by atoms with E-state index in [0.717, 1.165) is 6.42 Å². The van der Waals surface area contributed by atoms with Crippen LogP contribution in [0.1, 0.15) is 26.7 Å². The second-order valence-corrected chi connectivity index (χ2v) is 2.55. The molecule has 0 aliphatic heterocycles. The van der Waals surface area contributed by atoms with Gasteiger partial charge < -0.3 is 0 Å². The zero-order chi connectivity index (χ0) is 6.62. The van der Waals surface area contributed by atoms with Gasteiger partial charge in [0.2, 0.25) is 0 Å². The molecule has 0 N–H and O–H groups in total. The zero-order valence-corrected chi connectivity index (χ0v) is 5.58. The molecular weight excluding hydrogens is 103 g/mol. The fourth-order valence-corrected chi connectivity index (χ4v) is 0.445.